The Hall–Kier alpha value is -0.770. The smallest absolute Gasteiger partial charge is 0.410 e. The molecule has 4 heteroatoms. The zero-order chi connectivity index (χ0) is 12.7. The maximum absolute atomic E-state index is 11.9. The third kappa shape index (κ3) is 3.12. The van der Waals surface area contributed by atoms with Gasteiger partial charge in [0.15, 0.2) is 0 Å². The van der Waals surface area contributed by atoms with E-state index in [0.717, 1.165) is 32.2 Å². The molecule has 1 amide bonds. The molecule has 2 aliphatic rings. The van der Waals surface area contributed by atoms with Crippen LogP contribution in [0.25, 0.3) is 0 Å². The predicted octanol–water partition coefficient (Wildman–Crippen LogP) is 2.16. The SMILES string of the molecule is CC(C)(C)OC(=O)N1CCCC(C2(O)CC2)C1. The maximum atomic E-state index is 11.9. The average molecular weight is 241 g/mol. The summed E-state index contributed by atoms with van der Waals surface area (Å²) in [5.74, 6) is 0.240. The van der Waals surface area contributed by atoms with Gasteiger partial charge in [-0.05, 0) is 46.5 Å². The Labute approximate surface area is 103 Å². The minimum Gasteiger partial charge on any atom is -0.444 e. The molecule has 2 rings (SSSR count). The molecule has 0 aromatic rings. The molecule has 17 heavy (non-hydrogen) atoms. The number of aliphatic hydroxyl groups is 1. The van der Waals surface area contributed by atoms with E-state index in [1.807, 2.05) is 20.8 Å². The van der Waals surface area contributed by atoms with Crippen molar-refractivity contribution in [3.05, 3.63) is 0 Å². The largest absolute Gasteiger partial charge is 0.444 e. The van der Waals surface area contributed by atoms with Crippen LogP contribution in [-0.2, 0) is 4.74 Å². The van der Waals surface area contributed by atoms with E-state index in [9.17, 15) is 9.90 Å². The van der Waals surface area contributed by atoms with Gasteiger partial charge >= 0.3 is 6.09 Å². The van der Waals surface area contributed by atoms with Gasteiger partial charge in [-0.3, -0.25) is 0 Å². The Morgan fingerprint density at radius 1 is 1.41 bits per heavy atom. The summed E-state index contributed by atoms with van der Waals surface area (Å²) in [5.41, 5.74) is -0.929. The summed E-state index contributed by atoms with van der Waals surface area (Å²) in [6, 6.07) is 0. The normalized spacial score (nSPS) is 27.8. The Morgan fingerprint density at radius 3 is 2.59 bits per heavy atom. The summed E-state index contributed by atoms with van der Waals surface area (Å²) < 4.78 is 5.36. The first kappa shape index (κ1) is 12.7. The molecular weight excluding hydrogens is 218 g/mol. The zero-order valence-corrected chi connectivity index (χ0v) is 11.0. The fourth-order valence-corrected chi connectivity index (χ4v) is 2.44. The van der Waals surface area contributed by atoms with Crippen molar-refractivity contribution in [1.82, 2.24) is 4.90 Å². The lowest BCUT2D eigenvalue weighted by atomic mass is 9.91. The molecule has 1 heterocycles. The standard InChI is InChI=1S/C13H23NO3/c1-12(2,3)17-11(15)14-8-4-5-10(9-14)13(16)6-7-13/h10,16H,4-9H2,1-3H3. The molecule has 0 bridgehead atoms. The van der Waals surface area contributed by atoms with Crippen LogP contribution in [0.3, 0.4) is 0 Å². The van der Waals surface area contributed by atoms with Crippen LogP contribution < -0.4 is 0 Å². The third-order valence-electron chi connectivity index (χ3n) is 3.60. The molecule has 0 radical (unpaired) electrons. The van der Waals surface area contributed by atoms with Crippen molar-refractivity contribution in [1.29, 1.82) is 0 Å². The molecule has 0 spiro atoms. The van der Waals surface area contributed by atoms with Crippen LogP contribution in [0.5, 0.6) is 0 Å². The number of carbonyl (C=O) groups excluding carboxylic acids is 1. The lowest BCUT2D eigenvalue weighted by molar-refractivity contribution is -0.00300. The fraction of sp³-hybridized carbons (Fsp3) is 0.923. The number of hydrogen-bond acceptors (Lipinski definition) is 3. The van der Waals surface area contributed by atoms with E-state index in [1.165, 1.54) is 0 Å². The van der Waals surface area contributed by atoms with Crippen molar-refractivity contribution in [2.45, 2.75) is 57.7 Å². The molecule has 1 aliphatic heterocycles. The van der Waals surface area contributed by atoms with Gasteiger partial charge in [0.05, 0.1) is 5.60 Å². The molecule has 1 saturated carbocycles. The monoisotopic (exact) mass is 241 g/mol. The number of hydrogen-bond donors (Lipinski definition) is 1. The van der Waals surface area contributed by atoms with Crippen LogP contribution >= 0.6 is 0 Å². The molecule has 1 aliphatic carbocycles. The van der Waals surface area contributed by atoms with Crippen molar-refractivity contribution in [2.75, 3.05) is 13.1 Å². The highest BCUT2D eigenvalue weighted by atomic mass is 16.6. The molecule has 1 N–H and O–H groups in total. The van der Waals surface area contributed by atoms with Gasteiger partial charge in [0.2, 0.25) is 0 Å². The fourth-order valence-electron chi connectivity index (χ4n) is 2.44. The number of ether oxygens (including phenoxy) is 1. The number of amides is 1. The molecule has 1 saturated heterocycles. The topological polar surface area (TPSA) is 49.8 Å². The van der Waals surface area contributed by atoms with Crippen LogP contribution in [0.4, 0.5) is 4.79 Å². The summed E-state index contributed by atoms with van der Waals surface area (Å²) in [6.45, 7) is 7.02. The molecule has 0 aromatic heterocycles. The molecule has 98 valence electrons. The number of likely N-dealkylation sites (tertiary alicyclic amines) is 1. The molecule has 4 nitrogen and oxygen atoms in total. The van der Waals surface area contributed by atoms with E-state index in [2.05, 4.69) is 0 Å². The van der Waals surface area contributed by atoms with E-state index in [-0.39, 0.29) is 12.0 Å². The number of piperidine rings is 1. The number of rotatable bonds is 1. The lowest BCUT2D eigenvalue weighted by Gasteiger charge is -2.36. The third-order valence-corrected chi connectivity index (χ3v) is 3.60. The van der Waals surface area contributed by atoms with Gasteiger partial charge in [-0.1, -0.05) is 0 Å². The van der Waals surface area contributed by atoms with Crippen LogP contribution in [0.15, 0.2) is 0 Å². The summed E-state index contributed by atoms with van der Waals surface area (Å²) in [5, 5.41) is 10.1. The summed E-state index contributed by atoms with van der Waals surface area (Å²) >= 11 is 0. The van der Waals surface area contributed by atoms with Gasteiger partial charge in [0.25, 0.3) is 0 Å². The molecular formula is C13H23NO3. The summed E-state index contributed by atoms with van der Waals surface area (Å²) in [6.07, 6.45) is 3.52. The van der Waals surface area contributed by atoms with Crippen LogP contribution in [0, 0.1) is 5.92 Å². The van der Waals surface area contributed by atoms with Crippen molar-refractivity contribution < 1.29 is 14.6 Å². The second kappa shape index (κ2) is 4.16. The first-order chi connectivity index (χ1) is 7.80. The molecule has 0 aromatic carbocycles. The van der Waals surface area contributed by atoms with Gasteiger partial charge in [0.1, 0.15) is 5.60 Å². The van der Waals surface area contributed by atoms with E-state index >= 15 is 0 Å². The minimum atomic E-state index is -0.485. The average Bonchev–Trinajstić information content (AvgIpc) is 2.96. The highest BCUT2D eigenvalue weighted by Gasteiger charge is 2.49. The van der Waals surface area contributed by atoms with Crippen LogP contribution in [0.1, 0.15) is 46.5 Å². The second-order valence-electron chi connectivity index (χ2n) is 6.37. The minimum absolute atomic E-state index is 0.240. The summed E-state index contributed by atoms with van der Waals surface area (Å²) in [7, 11) is 0. The van der Waals surface area contributed by atoms with Gasteiger partial charge < -0.3 is 14.7 Å². The Bertz CT molecular complexity index is 304. The number of carbonyl (C=O) groups is 1. The zero-order valence-electron chi connectivity index (χ0n) is 11.0. The Morgan fingerprint density at radius 2 is 2.06 bits per heavy atom. The van der Waals surface area contributed by atoms with Gasteiger partial charge in [-0.15, -0.1) is 0 Å². The van der Waals surface area contributed by atoms with Gasteiger partial charge in [0, 0.05) is 19.0 Å². The van der Waals surface area contributed by atoms with E-state index < -0.39 is 11.2 Å². The van der Waals surface area contributed by atoms with E-state index in [4.69, 9.17) is 4.74 Å². The Balaban J connectivity index is 1.91. The first-order valence-corrected chi connectivity index (χ1v) is 6.50. The second-order valence-corrected chi connectivity index (χ2v) is 6.37. The number of nitrogens with zero attached hydrogens (tertiary/aromatic N) is 1. The molecule has 1 atom stereocenters. The lowest BCUT2D eigenvalue weighted by Crippen LogP contribution is -2.46. The van der Waals surface area contributed by atoms with E-state index in [0.29, 0.717) is 6.54 Å². The first-order valence-electron chi connectivity index (χ1n) is 6.50. The predicted molar refractivity (Wildman–Crippen MR) is 64.7 cm³/mol. The van der Waals surface area contributed by atoms with Crippen LogP contribution in [0.2, 0.25) is 0 Å². The highest BCUT2D eigenvalue weighted by molar-refractivity contribution is 5.68. The van der Waals surface area contributed by atoms with Crippen molar-refractivity contribution in [3.8, 4) is 0 Å². The van der Waals surface area contributed by atoms with Gasteiger partial charge in [-0.25, -0.2) is 4.79 Å². The molecule has 1 unspecified atom stereocenters. The quantitative estimate of drug-likeness (QED) is 0.765. The van der Waals surface area contributed by atoms with Crippen LogP contribution in [-0.4, -0.2) is 40.4 Å². The van der Waals surface area contributed by atoms with E-state index in [1.54, 1.807) is 4.90 Å². The van der Waals surface area contributed by atoms with Gasteiger partial charge in [-0.2, -0.15) is 0 Å². The highest BCUT2D eigenvalue weighted by Crippen LogP contribution is 2.45. The Kier molecular flexibility index (Phi) is 3.10. The van der Waals surface area contributed by atoms with Crippen molar-refractivity contribution in [2.24, 2.45) is 5.92 Å². The summed E-state index contributed by atoms with van der Waals surface area (Å²) in [4.78, 5) is 13.7. The van der Waals surface area contributed by atoms with Crippen molar-refractivity contribution in [3.63, 3.8) is 0 Å². The molecule has 2 fully saturated rings. The maximum Gasteiger partial charge on any atom is 0.410 e. The van der Waals surface area contributed by atoms with Crippen molar-refractivity contribution >= 4 is 6.09 Å².